The molecule has 0 spiro atoms. The highest BCUT2D eigenvalue weighted by Gasteiger charge is 2.08. The Morgan fingerprint density at radius 2 is 2.03 bits per heavy atom. The number of nitrogens with zero attached hydrogens (tertiary/aromatic N) is 2. The third-order valence-corrected chi connectivity index (χ3v) is 4.96. The van der Waals surface area contributed by atoms with E-state index in [1.165, 1.54) is 18.0 Å². The number of benzene rings is 2. The smallest absolute Gasteiger partial charge is 0.339 e. The molecule has 0 saturated carbocycles. The Bertz CT molecular complexity index is 1160. The molecule has 0 unspecified atom stereocenters. The van der Waals surface area contributed by atoms with Crippen LogP contribution in [0.5, 0.6) is 0 Å². The van der Waals surface area contributed by atoms with Gasteiger partial charge in [0.15, 0.2) is 10.2 Å². The molecule has 0 aliphatic heterocycles. The zero-order chi connectivity index (χ0) is 20.2. The van der Waals surface area contributed by atoms with Gasteiger partial charge < -0.3 is 14.7 Å². The van der Waals surface area contributed by atoms with Gasteiger partial charge in [0.05, 0.1) is 17.2 Å². The van der Waals surface area contributed by atoms with E-state index in [-0.39, 0.29) is 0 Å². The van der Waals surface area contributed by atoms with Crippen LogP contribution in [-0.2, 0) is 0 Å². The highest BCUT2D eigenvalue weighted by Crippen LogP contribution is 2.28. The second-order valence-corrected chi connectivity index (χ2v) is 7.45. The number of aryl methyl sites for hydroxylation is 2. The molecule has 2 aromatic heterocycles. The van der Waals surface area contributed by atoms with Crippen molar-refractivity contribution in [3.8, 4) is 0 Å². The monoisotopic (exact) mass is 405 g/mol. The first-order valence-corrected chi connectivity index (χ1v) is 9.78. The lowest BCUT2D eigenvalue weighted by Gasteiger charge is -2.08. The fourth-order valence-electron chi connectivity index (χ4n) is 2.79. The Morgan fingerprint density at radius 3 is 2.86 bits per heavy atom. The Labute approximate surface area is 171 Å². The number of hydrogen-bond donors (Lipinski definition) is 3. The number of aromatic amines is 1. The lowest BCUT2D eigenvalue weighted by Crippen LogP contribution is -2.24. The highest BCUT2D eigenvalue weighted by atomic mass is 32.2. The van der Waals surface area contributed by atoms with Gasteiger partial charge in [-0.3, -0.25) is 0 Å². The molecule has 0 bridgehead atoms. The van der Waals surface area contributed by atoms with Gasteiger partial charge in [0.2, 0.25) is 0 Å². The lowest BCUT2D eigenvalue weighted by molar-refractivity contribution is 0.252. The van der Waals surface area contributed by atoms with E-state index in [4.69, 9.17) is 4.42 Å². The summed E-state index contributed by atoms with van der Waals surface area (Å²) in [5.41, 5.74) is 7.18. The second kappa shape index (κ2) is 8.24. The minimum Gasteiger partial charge on any atom is -0.448 e. The van der Waals surface area contributed by atoms with Crippen molar-refractivity contribution in [3.05, 3.63) is 71.5 Å². The number of anilines is 1. The number of carbonyl (C=O) groups excluding carboxylic acids is 1. The average molecular weight is 405 g/mol. The van der Waals surface area contributed by atoms with Crippen LogP contribution in [0.1, 0.15) is 16.9 Å². The molecule has 8 heteroatoms. The molecule has 0 fully saturated rings. The molecule has 146 valence electrons. The number of carbonyl (C=O) groups is 1. The van der Waals surface area contributed by atoms with Crippen LogP contribution in [0.15, 0.2) is 74.4 Å². The van der Waals surface area contributed by atoms with Gasteiger partial charge in [0, 0.05) is 5.69 Å². The minimum absolute atomic E-state index is 0.420. The SMILES string of the molecule is Cc1ccc(NC(=O)N/N=C/c2ccc(Sc3nc4ccccc4[nH]3)o2)c(C)c1. The number of hydrazone groups is 1. The Hall–Kier alpha value is -3.52. The zero-order valence-electron chi connectivity index (χ0n) is 15.9. The second-order valence-electron chi connectivity index (χ2n) is 6.46. The van der Waals surface area contributed by atoms with Gasteiger partial charge in [-0.25, -0.2) is 15.2 Å². The predicted molar refractivity (Wildman–Crippen MR) is 115 cm³/mol. The van der Waals surface area contributed by atoms with E-state index in [2.05, 4.69) is 25.8 Å². The van der Waals surface area contributed by atoms with Crippen molar-refractivity contribution in [2.45, 2.75) is 24.1 Å². The third kappa shape index (κ3) is 4.67. The van der Waals surface area contributed by atoms with E-state index in [9.17, 15) is 4.79 Å². The Balaban J connectivity index is 1.33. The number of hydrogen-bond acceptors (Lipinski definition) is 5. The molecule has 0 atom stereocenters. The van der Waals surface area contributed by atoms with Crippen LogP contribution in [0, 0.1) is 13.8 Å². The summed E-state index contributed by atoms with van der Waals surface area (Å²) in [7, 11) is 0. The average Bonchev–Trinajstić information content (AvgIpc) is 3.30. The normalized spacial score (nSPS) is 11.2. The maximum atomic E-state index is 12.0. The number of furan rings is 1. The summed E-state index contributed by atoms with van der Waals surface area (Å²) < 4.78 is 5.70. The molecular formula is C21H19N5O2S. The number of para-hydroxylation sites is 2. The summed E-state index contributed by atoms with van der Waals surface area (Å²) in [5, 5.41) is 8.11. The van der Waals surface area contributed by atoms with Crippen molar-refractivity contribution in [3.63, 3.8) is 0 Å². The quantitative estimate of drug-likeness (QED) is 0.319. The van der Waals surface area contributed by atoms with Crippen molar-refractivity contribution in [1.82, 2.24) is 15.4 Å². The number of H-pyrrole nitrogens is 1. The zero-order valence-corrected chi connectivity index (χ0v) is 16.7. The molecule has 2 amide bonds. The largest absolute Gasteiger partial charge is 0.448 e. The van der Waals surface area contributed by atoms with Crippen LogP contribution >= 0.6 is 11.8 Å². The molecular weight excluding hydrogens is 386 g/mol. The third-order valence-electron chi connectivity index (χ3n) is 4.16. The summed E-state index contributed by atoms with van der Waals surface area (Å²) in [4.78, 5) is 19.7. The maximum Gasteiger partial charge on any atom is 0.339 e. The fourth-order valence-corrected chi connectivity index (χ4v) is 3.56. The Morgan fingerprint density at radius 1 is 1.17 bits per heavy atom. The molecule has 0 radical (unpaired) electrons. The van der Waals surface area contributed by atoms with Crippen molar-refractivity contribution in [1.29, 1.82) is 0 Å². The first kappa shape index (κ1) is 18.8. The summed E-state index contributed by atoms with van der Waals surface area (Å²) in [6.45, 7) is 3.95. The summed E-state index contributed by atoms with van der Waals surface area (Å²) in [5.74, 6) is 0.524. The molecule has 7 nitrogen and oxygen atoms in total. The number of amides is 2. The number of aromatic nitrogens is 2. The minimum atomic E-state index is -0.420. The van der Waals surface area contributed by atoms with Gasteiger partial charge in [-0.2, -0.15) is 5.10 Å². The van der Waals surface area contributed by atoms with Gasteiger partial charge in [-0.05, 0) is 61.5 Å². The van der Waals surface area contributed by atoms with Crippen molar-refractivity contribution in [2.75, 3.05) is 5.32 Å². The molecule has 3 N–H and O–H groups in total. The van der Waals surface area contributed by atoms with Crippen molar-refractivity contribution >= 4 is 40.7 Å². The van der Waals surface area contributed by atoms with Gasteiger partial charge in [0.1, 0.15) is 5.76 Å². The van der Waals surface area contributed by atoms with Crippen LogP contribution in [0.25, 0.3) is 11.0 Å². The van der Waals surface area contributed by atoms with Gasteiger partial charge in [-0.1, -0.05) is 29.8 Å². The van der Waals surface area contributed by atoms with Crippen LogP contribution < -0.4 is 10.7 Å². The molecule has 29 heavy (non-hydrogen) atoms. The predicted octanol–water partition coefficient (Wildman–Crippen LogP) is 5.08. The van der Waals surface area contributed by atoms with E-state index in [1.807, 2.05) is 62.4 Å². The highest BCUT2D eigenvalue weighted by molar-refractivity contribution is 7.99. The maximum absolute atomic E-state index is 12.0. The molecule has 2 heterocycles. The first-order chi connectivity index (χ1) is 14.1. The van der Waals surface area contributed by atoms with E-state index in [0.717, 1.165) is 33.0 Å². The van der Waals surface area contributed by atoms with Gasteiger partial charge in [-0.15, -0.1) is 0 Å². The number of fused-ring (bicyclic) bond motifs is 1. The van der Waals surface area contributed by atoms with Crippen molar-refractivity contribution < 1.29 is 9.21 Å². The lowest BCUT2D eigenvalue weighted by atomic mass is 10.1. The molecule has 0 saturated heterocycles. The molecule has 0 aliphatic carbocycles. The Kier molecular flexibility index (Phi) is 5.35. The van der Waals surface area contributed by atoms with E-state index in [1.54, 1.807) is 6.07 Å². The molecule has 4 aromatic rings. The van der Waals surface area contributed by atoms with Gasteiger partial charge >= 0.3 is 6.03 Å². The van der Waals surface area contributed by atoms with Crippen molar-refractivity contribution in [2.24, 2.45) is 5.10 Å². The van der Waals surface area contributed by atoms with Crippen LogP contribution in [0.4, 0.5) is 10.5 Å². The topological polar surface area (TPSA) is 95.3 Å². The van der Waals surface area contributed by atoms with Gasteiger partial charge in [0.25, 0.3) is 0 Å². The van der Waals surface area contributed by atoms with E-state index in [0.29, 0.717) is 10.9 Å². The molecule has 4 rings (SSSR count). The van der Waals surface area contributed by atoms with Crippen LogP contribution in [0.2, 0.25) is 0 Å². The number of nitrogens with one attached hydrogen (secondary N) is 3. The van der Waals surface area contributed by atoms with Crippen LogP contribution in [-0.4, -0.2) is 22.2 Å². The number of rotatable bonds is 5. The first-order valence-electron chi connectivity index (χ1n) is 8.96. The van der Waals surface area contributed by atoms with Crippen LogP contribution in [0.3, 0.4) is 0 Å². The summed E-state index contributed by atoms with van der Waals surface area (Å²) in [6.07, 6.45) is 1.45. The van der Waals surface area contributed by atoms with E-state index >= 15 is 0 Å². The fraction of sp³-hybridized carbons (Fsp3) is 0.0952. The van der Waals surface area contributed by atoms with E-state index < -0.39 is 6.03 Å². The molecule has 2 aromatic carbocycles. The number of imidazole rings is 1. The summed E-state index contributed by atoms with van der Waals surface area (Å²) in [6, 6.07) is 16.8. The summed E-state index contributed by atoms with van der Waals surface area (Å²) >= 11 is 1.38. The molecule has 0 aliphatic rings. The number of urea groups is 1. The standard InChI is InChI=1S/C21H19N5O2S/c1-13-7-9-16(14(2)11-13)23-20(27)26-22-12-15-8-10-19(28-15)29-21-24-17-5-3-4-6-18(17)25-21/h3-12H,1-2H3,(H,24,25)(H2,23,26,27)/b22-12+.